The third-order valence-electron chi connectivity index (χ3n) is 2.17. The molecule has 0 aliphatic rings. The van der Waals surface area contributed by atoms with Crippen molar-refractivity contribution in [2.75, 3.05) is 5.73 Å². The molecule has 0 radical (unpaired) electrons. The average molecular weight is 253 g/mol. The van der Waals surface area contributed by atoms with Gasteiger partial charge in [0, 0.05) is 11.8 Å². The Balaban J connectivity index is 2.24. The molecule has 0 amide bonds. The minimum atomic E-state index is 0.875. The van der Waals surface area contributed by atoms with E-state index in [0.717, 1.165) is 26.0 Å². The van der Waals surface area contributed by atoms with E-state index in [0.29, 0.717) is 0 Å². The van der Waals surface area contributed by atoms with Crippen molar-refractivity contribution in [2.45, 2.75) is 6.92 Å². The Bertz CT molecular complexity index is 606. The van der Waals surface area contributed by atoms with Crippen LogP contribution in [0.15, 0.2) is 11.7 Å². The topological polar surface area (TPSA) is 51.8 Å². The van der Waals surface area contributed by atoms with Crippen molar-refractivity contribution in [1.29, 1.82) is 0 Å². The average Bonchev–Trinajstić information content (AvgIpc) is 2.86. The summed E-state index contributed by atoms with van der Waals surface area (Å²) < 4.78 is 1.20. The summed E-state index contributed by atoms with van der Waals surface area (Å²) in [6, 6.07) is 0. The normalized spacial score (nSPS) is 11.3. The van der Waals surface area contributed by atoms with Gasteiger partial charge in [-0.1, -0.05) is 0 Å². The number of rotatable bonds is 1. The third kappa shape index (κ3) is 1.37. The monoisotopic (exact) mass is 253 g/mol. The Morgan fingerprint density at radius 1 is 1.33 bits per heavy atom. The maximum absolute atomic E-state index is 5.84. The molecule has 2 N–H and O–H groups in total. The summed E-state index contributed by atoms with van der Waals surface area (Å²) in [4.78, 5) is 9.78. The van der Waals surface area contributed by atoms with Crippen molar-refractivity contribution in [2.24, 2.45) is 0 Å². The predicted molar refractivity (Wildman–Crippen MR) is 67.8 cm³/mol. The molecule has 3 nitrogen and oxygen atoms in total. The summed E-state index contributed by atoms with van der Waals surface area (Å²) in [5, 5.41) is 1.92. The number of fused-ring (bicyclic) bond motifs is 1. The van der Waals surface area contributed by atoms with Crippen molar-refractivity contribution in [3.63, 3.8) is 0 Å². The number of hydrogen-bond acceptors (Lipinski definition) is 6. The summed E-state index contributed by atoms with van der Waals surface area (Å²) in [6.45, 7) is 2.02. The molecule has 76 valence electrons. The first-order valence-corrected chi connectivity index (χ1v) is 6.81. The molecule has 0 aliphatic heterocycles. The fourth-order valence-corrected chi connectivity index (χ4v) is 4.28. The maximum Gasteiger partial charge on any atom is 0.137 e. The molecule has 0 fully saturated rings. The number of thiazole rings is 2. The fourth-order valence-electron chi connectivity index (χ4n) is 1.33. The van der Waals surface area contributed by atoms with Gasteiger partial charge in [-0.05, 0) is 6.92 Å². The highest BCUT2D eigenvalue weighted by Gasteiger charge is 2.13. The van der Waals surface area contributed by atoms with Gasteiger partial charge in [0.1, 0.15) is 9.02 Å². The van der Waals surface area contributed by atoms with Gasteiger partial charge in [-0.25, -0.2) is 4.98 Å². The van der Waals surface area contributed by atoms with E-state index in [-0.39, 0.29) is 0 Å². The van der Waals surface area contributed by atoms with Crippen molar-refractivity contribution in [3.8, 4) is 9.88 Å². The van der Waals surface area contributed by atoms with E-state index < -0.39 is 0 Å². The van der Waals surface area contributed by atoms with Crippen LogP contribution in [0, 0.1) is 6.92 Å². The Hall–Kier alpha value is -0.980. The molecule has 0 aliphatic carbocycles. The first-order valence-electron chi connectivity index (χ1n) is 4.30. The number of nitrogens with zero attached hydrogens (tertiary/aromatic N) is 2. The van der Waals surface area contributed by atoms with Gasteiger partial charge in [0.25, 0.3) is 0 Å². The molecule has 0 saturated heterocycles. The van der Waals surface area contributed by atoms with Gasteiger partial charge in [-0.15, -0.1) is 34.0 Å². The Kier molecular flexibility index (Phi) is 2.01. The van der Waals surface area contributed by atoms with Gasteiger partial charge in [-0.3, -0.25) is 4.98 Å². The lowest BCUT2D eigenvalue weighted by Crippen LogP contribution is -1.81. The molecule has 0 bridgehead atoms. The van der Waals surface area contributed by atoms with Crippen LogP contribution in [0.4, 0.5) is 5.00 Å². The van der Waals surface area contributed by atoms with Gasteiger partial charge < -0.3 is 5.73 Å². The smallest absolute Gasteiger partial charge is 0.137 e. The summed E-state index contributed by atoms with van der Waals surface area (Å²) in [7, 11) is 0. The molecule has 0 saturated carbocycles. The zero-order valence-electron chi connectivity index (χ0n) is 7.85. The number of anilines is 1. The Morgan fingerprint density at radius 3 is 2.87 bits per heavy atom. The van der Waals surface area contributed by atoms with E-state index in [1.54, 1.807) is 34.0 Å². The van der Waals surface area contributed by atoms with Crippen LogP contribution in [-0.4, -0.2) is 9.97 Å². The van der Waals surface area contributed by atoms with E-state index in [4.69, 9.17) is 5.73 Å². The van der Waals surface area contributed by atoms with Crippen LogP contribution < -0.4 is 5.73 Å². The highest BCUT2D eigenvalue weighted by atomic mass is 32.2. The van der Waals surface area contributed by atoms with Gasteiger partial charge in [-0.2, -0.15) is 0 Å². The minimum absolute atomic E-state index is 0.875. The van der Waals surface area contributed by atoms with Gasteiger partial charge in [0.05, 0.1) is 20.9 Å². The van der Waals surface area contributed by atoms with E-state index in [9.17, 15) is 0 Å². The number of nitrogens with two attached hydrogens (primary N) is 1. The molecule has 3 rings (SSSR count). The van der Waals surface area contributed by atoms with Crippen LogP contribution in [0.3, 0.4) is 0 Å². The number of aryl methyl sites for hydroxylation is 1. The van der Waals surface area contributed by atoms with Crippen LogP contribution in [0.25, 0.3) is 19.4 Å². The molecule has 0 unspecified atom stereocenters. The summed E-state index contributed by atoms with van der Waals surface area (Å²) >= 11 is 4.92. The molecular weight excluding hydrogens is 246 g/mol. The quantitative estimate of drug-likeness (QED) is 0.723. The van der Waals surface area contributed by atoms with Crippen molar-refractivity contribution >= 4 is 48.5 Å². The molecule has 15 heavy (non-hydrogen) atoms. The lowest BCUT2D eigenvalue weighted by Gasteiger charge is -1.88. The zero-order chi connectivity index (χ0) is 10.4. The van der Waals surface area contributed by atoms with Crippen LogP contribution in [-0.2, 0) is 0 Å². The summed E-state index contributed by atoms with van der Waals surface area (Å²) in [6.07, 6.45) is 1.85. The van der Waals surface area contributed by atoms with Gasteiger partial charge >= 0.3 is 0 Å². The summed E-state index contributed by atoms with van der Waals surface area (Å²) in [5.74, 6) is 0. The van der Waals surface area contributed by atoms with E-state index in [1.165, 1.54) is 4.01 Å². The second-order valence-corrected chi connectivity index (χ2v) is 6.31. The molecule has 3 aromatic heterocycles. The Morgan fingerprint density at radius 2 is 2.20 bits per heavy atom. The van der Waals surface area contributed by atoms with Crippen LogP contribution in [0.5, 0.6) is 0 Å². The van der Waals surface area contributed by atoms with E-state index in [2.05, 4.69) is 9.97 Å². The molecule has 0 aromatic carbocycles. The first-order chi connectivity index (χ1) is 7.25. The lowest BCUT2D eigenvalue weighted by atomic mass is 10.3. The van der Waals surface area contributed by atoms with Crippen LogP contribution in [0.2, 0.25) is 0 Å². The SMILES string of the molecule is Cc1c(N)sc2sc(-c3cncs3)nc12. The van der Waals surface area contributed by atoms with Crippen molar-refractivity contribution < 1.29 is 0 Å². The molecule has 0 spiro atoms. The molecule has 3 aromatic rings. The van der Waals surface area contributed by atoms with Crippen molar-refractivity contribution in [1.82, 2.24) is 9.97 Å². The Labute approximate surface area is 98.2 Å². The summed E-state index contributed by atoms with van der Waals surface area (Å²) in [5.41, 5.74) is 9.81. The highest BCUT2D eigenvalue weighted by molar-refractivity contribution is 7.41. The second-order valence-electron chi connectivity index (χ2n) is 3.11. The van der Waals surface area contributed by atoms with E-state index >= 15 is 0 Å². The predicted octanol–water partition coefficient (Wildman–Crippen LogP) is 3.37. The number of aromatic nitrogens is 2. The molecule has 3 heterocycles. The minimum Gasteiger partial charge on any atom is -0.390 e. The van der Waals surface area contributed by atoms with Crippen LogP contribution >= 0.6 is 34.0 Å². The molecular formula is C9H7N3S3. The first kappa shape index (κ1) is 9.26. The number of thiophene rings is 1. The zero-order valence-corrected chi connectivity index (χ0v) is 10.3. The number of nitrogen functional groups attached to an aromatic ring is 1. The van der Waals surface area contributed by atoms with E-state index in [1.807, 2.05) is 18.6 Å². The van der Waals surface area contributed by atoms with Gasteiger partial charge in [0.15, 0.2) is 0 Å². The maximum atomic E-state index is 5.84. The van der Waals surface area contributed by atoms with Gasteiger partial charge in [0.2, 0.25) is 0 Å². The fraction of sp³-hybridized carbons (Fsp3) is 0.111. The largest absolute Gasteiger partial charge is 0.390 e. The third-order valence-corrected chi connectivity index (χ3v) is 5.36. The van der Waals surface area contributed by atoms with Crippen LogP contribution in [0.1, 0.15) is 5.56 Å². The molecule has 0 atom stereocenters. The highest BCUT2D eigenvalue weighted by Crippen LogP contribution is 2.40. The lowest BCUT2D eigenvalue weighted by molar-refractivity contribution is 1.41. The second kappa shape index (κ2) is 3.26. The van der Waals surface area contributed by atoms with Crippen molar-refractivity contribution in [3.05, 3.63) is 17.3 Å². The molecule has 6 heteroatoms. The standard InChI is InChI=1S/C9H7N3S3/c1-4-6-9(14-7(4)10)15-8(12-6)5-2-11-3-13-5/h2-3H,10H2,1H3. The number of hydrogen-bond donors (Lipinski definition) is 1.